The standard InChI is InChI=1S/C14H20BrN3.HI/c15-12-6-4-5-11(9-12)10-17-14(16)18-13-7-2-1-3-8-13;/h4-6,9,13H,1-3,7-8,10H2,(H3,16,17,18);1H. The van der Waals surface area contributed by atoms with Gasteiger partial charge in [0, 0.05) is 10.5 Å². The summed E-state index contributed by atoms with van der Waals surface area (Å²) in [6.07, 6.45) is 6.39. The van der Waals surface area contributed by atoms with E-state index in [4.69, 9.17) is 5.73 Å². The fourth-order valence-electron chi connectivity index (χ4n) is 2.31. The van der Waals surface area contributed by atoms with Crippen molar-refractivity contribution in [1.29, 1.82) is 0 Å². The fourth-order valence-corrected chi connectivity index (χ4v) is 2.76. The Balaban J connectivity index is 0.00000180. The molecule has 0 spiro atoms. The van der Waals surface area contributed by atoms with E-state index >= 15 is 0 Å². The lowest BCUT2D eigenvalue weighted by Gasteiger charge is -2.23. The fraction of sp³-hybridized carbons (Fsp3) is 0.500. The number of rotatable bonds is 3. The van der Waals surface area contributed by atoms with E-state index in [1.807, 2.05) is 12.1 Å². The van der Waals surface area contributed by atoms with Crippen LogP contribution in [-0.4, -0.2) is 12.0 Å². The highest BCUT2D eigenvalue weighted by Crippen LogP contribution is 2.17. The van der Waals surface area contributed by atoms with Crippen molar-refractivity contribution in [3.63, 3.8) is 0 Å². The molecule has 5 heteroatoms. The van der Waals surface area contributed by atoms with Gasteiger partial charge in [0.15, 0.2) is 5.96 Å². The predicted molar refractivity (Wildman–Crippen MR) is 94.9 cm³/mol. The lowest BCUT2D eigenvalue weighted by atomic mass is 9.96. The molecular formula is C14H21BrIN3. The maximum Gasteiger partial charge on any atom is 0.189 e. The monoisotopic (exact) mass is 437 g/mol. The Morgan fingerprint density at radius 2 is 2.05 bits per heavy atom. The van der Waals surface area contributed by atoms with E-state index in [2.05, 4.69) is 38.4 Å². The zero-order chi connectivity index (χ0) is 12.8. The summed E-state index contributed by atoms with van der Waals surface area (Å²) >= 11 is 3.45. The molecule has 0 radical (unpaired) electrons. The van der Waals surface area contributed by atoms with E-state index in [-0.39, 0.29) is 24.0 Å². The third kappa shape index (κ3) is 6.12. The van der Waals surface area contributed by atoms with Crippen LogP contribution in [0.15, 0.2) is 33.7 Å². The van der Waals surface area contributed by atoms with Crippen molar-refractivity contribution in [2.45, 2.75) is 44.7 Å². The molecule has 106 valence electrons. The molecule has 1 fully saturated rings. The Labute approximate surface area is 140 Å². The van der Waals surface area contributed by atoms with Crippen LogP contribution >= 0.6 is 39.9 Å². The summed E-state index contributed by atoms with van der Waals surface area (Å²) in [5, 5.41) is 3.32. The van der Waals surface area contributed by atoms with Crippen molar-refractivity contribution in [1.82, 2.24) is 5.32 Å². The topological polar surface area (TPSA) is 50.4 Å². The Morgan fingerprint density at radius 1 is 1.32 bits per heavy atom. The Kier molecular flexibility index (Phi) is 7.75. The number of guanidine groups is 1. The summed E-state index contributed by atoms with van der Waals surface area (Å²) < 4.78 is 1.08. The molecule has 0 aliphatic heterocycles. The second kappa shape index (κ2) is 8.79. The molecule has 1 aromatic carbocycles. The number of hydrogen-bond acceptors (Lipinski definition) is 1. The van der Waals surface area contributed by atoms with Gasteiger partial charge < -0.3 is 11.1 Å². The first-order valence-electron chi connectivity index (χ1n) is 6.55. The molecule has 1 saturated carbocycles. The second-order valence-corrected chi connectivity index (χ2v) is 5.73. The van der Waals surface area contributed by atoms with Crippen molar-refractivity contribution in [2.24, 2.45) is 10.7 Å². The molecule has 1 aromatic rings. The molecule has 0 aromatic heterocycles. The van der Waals surface area contributed by atoms with Gasteiger partial charge in [-0.05, 0) is 30.5 Å². The first-order valence-corrected chi connectivity index (χ1v) is 7.34. The van der Waals surface area contributed by atoms with Crippen LogP contribution in [0.25, 0.3) is 0 Å². The van der Waals surface area contributed by atoms with Crippen molar-refractivity contribution < 1.29 is 0 Å². The summed E-state index contributed by atoms with van der Waals surface area (Å²) in [6.45, 7) is 0.630. The number of halogens is 2. The Bertz CT molecular complexity index is 417. The number of hydrogen-bond donors (Lipinski definition) is 2. The van der Waals surface area contributed by atoms with E-state index in [0.717, 1.165) is 10.0 Å². The van der Waals surface area contributed by atoms with E-state index < -0.39 is 0 Å². The van der Waals surface area contributed by atoms with Gasteiger partial charge in [-0.2, -0.15) is 0 Å². The minimum absolute atomic E-state index is 0. The smallest absolute Gasteiger partial charge is 0.189 e. The molecule has 1 aliphatic carbocycles. The third-order valence-corrected chi connectivity index (χ3v) is 3.77. The van der Waals surface area contributed by atoms with Gasteiger partial charge in [-0.3, -0.25) is 0 Å². The van der Waals surface area contributed by atoms with E-state index in [0.29, 0.717) is 18.5 Å². The van der Waals surface area contributed by atoms with Gasteiger partial charge in [-0.15, -0.1) is 24.0 Å². The van der Waals surface area contributed by atoms with E-state index in [1.165, 1.54) is 32.1 Å². The Hall–Kier alpha value is -0.300. The largest absolute Gasteiger partial charge is 0.370 e. The first-order chi connectivity index (χ1) is 8.74. The zero-order valence-corrected chi connectivity index (χ0v) is 14.9. The van der Waals surface area contributed by atoms with Crippen LogP contribution in [0.2, 0.25) is 0 Å². The summed E-state index contributed by atoms with van der Waals surface area (Å²) in [6, 6.07) is 8.67. The molecule has 0 heterocycles. The quantitative estimate of drug-likeness (QED) is 0.429. The van der Waals surface area contributed by atoms with E-state index in [9.17, 15) is 0 Å². The normalized spacial score (nSPS) is 16.8. The second-order valence-electron chi connectivity index (χ2n) is 4.81. The van der Waals surface area contributed by atoms with Gasteiger partial charge in [0.1, 0.15) is 0 Å². The molecule has 1 aliphatic rings. The average Bonchev–Trinajstić information content (AvgIpc) is 2.38. The van der Waals surface area contributed by atoms with Crippen molar-refractivity contribution in [2.75, 3.05) is 0 Å². The summed E-state index contributed by atoms with van der Waals surface area (Å²) in [5.74, 6) is 0.571. The molecule has 0 saturated heterocycles. The summed E-state index contributed by atoms with van der Waals surface area (Å²) in [7, 11) is 0. The zero-order valence-electron chi connectivity index (χ0n) is 10.9. The van der Waals surface area contributed by atoms with Crippen LogP contribution in [0.1, 0.15) is 37.7 Å². The molecule has 19 heavy (non-hydrogen) atoms. The van der Waals surface area contributed by atoms with Gasteiger partial charge in [-0.1, -0.05) is 47.3 Å². The molecule has 3 N–H and O–H groups in total. The molecule has 2 rings (SSSR count). The Morgan fingerprint density at radius 3 is 2.74 bits per heavy atom. The number of aliphatic imine (C=N–C) groups is 1. The number of benzene rings is 1. The van der Waals surface area contributed by atoms with Crippen LogP contribution in [0.5, 0.6) is 0 Å². The molecule has 0 amide bonds. The summed E-state index contributed by atoms with van der Waals surface area (Å²) in [5.41, 5.74) is 7.08. The van der Waals surface area contributed by atoms with Crippen LogP contribution in [-0.2, 0) is 6.54 Å². The highest BCUT2D eigenvalue weighted by atomic mass is 127. The molecule has 3 nitrogen and oxygen atoms in total. The van der Waals surface area contributed by atoms with Crippen LogP contribution in [0.4, 0.5) is 0 Å². The first kappa shape index (κ1) is 16.8. The molecular weight excluding hydrogens is 417 g/mol. The highest BCUT2D eigenvalue weighted by molar-refractivity contribution is 14.0. The minimum atomic E-state index is 0. The van der Waals surface area contributed by atoms with Gasteiger partial charge in [0.25, 0.3) is 0 Å². The van der Waals surface area contributed by atoms with Gasteiger partial charge in [0.05, 0.1) is 6.54 Å². The van der Waals surface area contributed by atoms with Crippen molar-refractivity contribution in [3.8, 4) is 0 Å². The van der Waals surface area contributed by atoms with Crippen LogP contribution in [0, 0.1) is 0 Å². The number of nitrogens with zero attached hydrogens (tertiary/aromatic N) is 1. The lowest BCUT2D eigenvalue weighted by Crippen LogP contribution is -2.41. The molecule has 0 atom stereocenters. The maximum atomic E-state index is 5.92. The van der Waals surface area contributed by atoms with Gasteiger partial charge in [-0.25, -0.2) is 4.99 Å². The van der Waals surface area contributed by atoms with Crippen molar-refractivity contribution >= 4 is 45.9 Å². The van der Waals surface area contributed by atoms with Gasteiger partial charge in [0.2, 0.25) is 0 Å². The summed E-state index contributed by atoms with van der Waals surface area (Å²) in [4.78, 5) is 4.39. The third-order valence-electron chi connectivity index (χ3n) is 3.28. The molecule has 0 unspecified atom stereocenters. The lowest BCUT2D eigenvalue weighted by molar-refractivity contribution is 0.412. The van der Waals surface area contributed by atoms with Crippen LogP contribution in [0.3, 0.4) is 0 Å². The number of nitrogens with two attached hydrogens (primary N) is 1. The maximum absolute atomic E-state index is 5.92. The average molecular weight is 438 g/mol. The SMILES string of the molecule is I.NC(=NCc1cccc(Br)c1)NC1CCCCC1. The minimum Gasteiger partial charge on any atom is -0.370 e. The van der Waals surface area contributed by atoms with Crippen molar-refractivity contribution in [3.05, 3.63) is 34.3 Å². The molecule has 0 bridgehead atoms. The predicted octanol–water partition coefficient (Wildman–Crippen LogP) is 3.80. The number of nitrogens with one attached hydrogen (secondary N) is 1. The highest BCUT2D eigenvalue weighted by Gasteiger charge is 2.13. The van der Waals surface area contributed by atoms with Crippen LogP contribution < -0.4 is 11.1 Å². The van der Waals surface area contributed by atoms with E-state index in [1.54, 1.807) is 0 Å². The van der Waals surface area contributed by atoms with Gasteiger partial charge >= 0.3 is 0 Å².